The van der Waals surface area contributed by atoms with Gasteiger partial charge in [-0.25, -0.2) is 9.82 Å². The summed E-state index contributed by atoms with van der Waals surface area (Å²) in [7, 11) is 0. The maximum atomic E-state index is 13.7. The fraction of sp³-hybridized carbons (Fsp3) is 0.154. The molecule has 1 aromatic carbocycles. The van der Waals surface area contributed by atoms with Gasteiger partial charge < -0.3 is 0 Å². The largest absolute Gasteiger partial charge is 0.271 e. The first-order chi connectivity index (χ1) is 8.65. The molecule has 0 aliphatic heterocycles. The molecule has 94 valence electrons. The van der Waals surface area contributed by atoms with E-state index in [0.717, 1.165) is 17.3 Å². The van der Waals surface area contributed by atoms with Gasteiger partial charge in [0.25, 0.3) is 0 Å². The van der Waals surface area contributed by atoms with Crippen molar-refractivity contribution < 1.29 is 4.39 Å². The molecule has 0 fully saturated rings. The van der Waals surface area contributed by atoms with E-state index in [1.807, 2.05) is 25.1 Å². The molecule has 0 aliphatic rings. The van der Waals surface area contributed by atoms with Crippen molar-refractivity contribution in [3.63, 3.8) is 0 Å². The molecule has 1 heterocycles. The maximum Gasteiger partial charge on any atom is 0.146 e. The van der Waals surface area contributed by atoms with E-state index >= 15 is 0 Å². The van der Waals surface area contributed by atoms with E-state index in [-0.39, 0.29) is 0 Å². The second-order valence-corrected chi connectivity index (χ2v) is 4.35. The Morgan fingerprint density at radius 1 is 1.33 bits per heavy atom. The number of rotatable bonds is 3. The molecule has 3 N–H and O–H groups in total. The van der Waals surface area contributed by atoms with Gasteiger partial charge in [0.1, 0.15) is 5.82 Å². The molecule has 2 aromatic rings. The minimum atomic E-state index is -0.500. The number of nitrogens with two attached hydrogens (primary N) is 1. The van der Waals surface area contributed by atoms with Gasteiger partial charge in [-0.1, -0.05) is 29.8 Å². The summed E-state index contributed by atoms with van der Waals surface area (Å²) >= 11 is 6.24. The van der Waals surface area contributed by atoms with Crippen molar-refractivity contribution in [2.24, 2.45) is 5.84 Å². The zero-order valence-corrected chi connectivity index (χ0v) is 10.6. The topological polar surface area (TPSA) is 50.9 Å². The number of halogens is 2. The predicted octanol–water partition coefficient (Wildman–Crippen LogP) is 2.74. The lowest BCUT2D eigenvalue weighted by Gasteiger charge is -2.19. The van der Waals surface area contributed by atoms with Gasteiger partial charge in [0.2, 0.25) is 0 Å². The molecule has 0 radical (unpaired) electrons. The average Bonchev–Trinajstić information content (AvgIpc) is 2.37. The van der Waals surface area contributed by atoms with Crippen molar-refractivity contribution in [3.8, 4) is 0 Å². The van der Waals surface area contributed by atoms with Crippen molar-refractivity contribution in [2.75, 3.05) is 0 Å². The first-order valence-corrected chi connectivity index (χ1v) is 5.83. The molecule has 1 unspecified atom stereocenters. The number of nitrogens with one attached hydrogen (secondary N) is 1. The summed E-state index contributed by atoms with van der Waals surface area (Å²) in [6.07, 6.45) is 2.68. The lowest BCUT2D eigenvalue weighted by atomic mass is 9.98. The fourth-order valence-corrected chi connectivity index (χ4v) is 2.10. The van der Waals surface area contributed by atoms with Crippen LogP contribution in [0, 0.1) is 12.7 Å². The third-order valence-corrected chi connectivity index (χ3v) is 3.33. The molecule has 0 saturated heterocycles. The summed E-state index contributed by atoms with van der Waals surface area (Å²) in [4.78, 5) is 3.72. The number of hydrazine groups is 1. The zero-order valence-electron chi connectivity index (χ0n) is 9.82. The van der Waals surface area contributed by atoms with E-state index in [2.05, 4.69) is 10.4 Å². The quantitative estimate of drug-likeness (QED) is 0.663. The van der Waals surface area contributed by atoms with E-state index in [9.17, 15) is 4.39 Å². The fourth-order valence-electron chi connectivity index (χ4n) is 1.86. The van der Waals surface area contributed by atoms with Crippen molar-refractivity contribution >= 4 is 11.6 Å². The third-order valence-electron chi connectivity index (χ3n) is 2.81. The summed E-state index contributed by atoms with van der Waals surface area (Å²) in [5, 5.41) is 0.580. The molecular formula is C13H13ClFN3. The Kier molecular flexibility index (Phi) is 3.91. The molecular weight excluding hydrogens is 253 g/mol. The summed E-state index contributed by atoms with van der Waals surface area (Å²) in [6.45, 7) is 1.89. The van der Waals surface area contributed by atoms with Gasteiger partial charge in [-0.05, 0) is 24.1 Å². The molecule has 0 aliphatic carbocycles. The number of hydrogen-bond acceptors (Lipinski definition) is 3. The summed E-state index contributed by atoms with van der Waals surface area (Å²) < 4.78 is 13.7. The number of benzene rings is 1. The third kappa shape index (κ3) is 2.36. The van der Waals surface area contributed by atoms with Gasteiger partial charge in [0, 0.05) is 16.8 Å². The summed E-state index contributed by atoms with van der Waals surface area (Å²) in [6, 6.07) is 6.65. The molecule has 5 heteroatoms. The van der Waals surface area contributed by atoms with Gasteiger partial charge in [-0.3, -0.25) is 10.8 Å². The highest BCUT2D eigenvalue weighted by atomic mass is 35.5. The molecule has 1 atom stereocenters. The number of pyridine rings is 1. The van der Waals surface area contributed by atoms with Gasteiger partial charge in [-0.15, -0.1) is 0 Å². The highest BCUT2D eigenvalue weighted by Gasteiger charge is 2.19. The lowest BCUT2D eigenvalue weighted by molar-refractivity contribution is 0.555. The Balaban J connectivity index is 2.53. The molecule has 0 spiro atoms. The first kappa shape index (κ1) is 13.0. The average molecular weight is 266 g/mol. The van der Waals surface area contributed by atoms with Crippen LogP contribution in [0.25, 0.3) is 0 Å². The van der Waals surface area contributed by atoms with Crippen LogP contribution >= 0.6 is 11.6 Å². The summed E-state index contributed by atoms with van der Waals surface area (Å²) in [5.74, 6) is 5.11. The first-order valence-electron chi connectivity index (χ1n) is 5.45. The molecule has 0 bridgehead atoms. The second kappa shape index (κ2) is 5.44. The summed E-state index contributed by atoms with van der Waals surface area (Å²) in [5.41, 5.74) is 4.67. The SMILES string of the molecule is Cc1cccc(C(NN)c2ccncc2F)c1Cl. The van der Waals surface area contributed by atoms with Gasteiger partial charge >= 0.3 is 0 Å². The zero-order chi connectivity index (χ0) is 13.1. The minimum absolute atomic E-state index is 0.417. The monoisotopic (exact) mass is 265 g/mol. The smallest absolute Gasteiger partial charge is 0.146 e. The van der Waals surface area contributed by atoms with E-state index in [1.54, 1.807) is 6.07 Å². The van der Waals surface area contributed by atoms with Gasteiger partial charge in [0.15, 0.2) is 0 Å². The normalized spacial score (nSPS) is 12.4. The van der Waals surface area contributed by atoms with Crippen LogP contribution in [0.3, 0.4) is 0 Å². The Labute approximate surface area is 110 Å². The highest BCUT2D eigenvalue weighted by molar-refractivity contribution is 6.32. The standard InChI is InChI=1S/C13H13ClFN3/c1-8-3-2-4-10(12(8)14)13(18-16)9-5-6-17-7-11(9)15/h2-7,13,18H,16H2,1H3. The molecule has 18 heavy (non-hydrogen) atoms. The van der Waals surface area contributed by atoms with Crippen LogP contribution in [0.5, 0.6) is 0 Å². The maximum absolute atomic E-state index is 13.7. The molecule has 0 saturated carbocycles. The van der Waals surface area contributed by atoms with Gasteiger partial charge in [0.05, 0.1) is 12.2 Å². The molecule has 2 rings (SSSR count). The van der Waals surface area contributed by atoms with Crippen molar-refractivity contribution in [3.05, 3.63) is 64.2 Å². The van der Waals surface area contributed by atoms with E-state index in [1.165, 1.54) is 6.20 Å². The number of aromatic nitrogens is 1. The molecule has 0 amide bonds. The molecule has 3 nitrogen and oxygen atoms in total. The van der Waals surface area contributed by atoms with Crippen molar-refractivity contribution in [2.45, 2.75) is 13.0 Å². The van der Waals surface area contributed by atoms with Crippen molar-refractivity contribution in [1.29, 1.82) is 0 Å². The number of aryl methyl sites for hydroxylation is 1. The Bertz CT molecular complexity index is 560. The van der Waals surface area contributed by atoms with Crippen LogP contribution in [0.4, 0.5) is 4.39 Å². The van der Waals surface area contributed by atoms with Gasteiger partial charge in [-0.2, -0.15) is 0 Å². The Hall–Kier alpha value is -1.49. The van der Waals surface area contributed by atoms with Crippen molar-refractivity contribution in [1.82, 2.24) is 10.4 Å². The van der Waals surface area contributed by atoms with Crippen LogP contribution in [0.1, 0.15) is 22.7 Å². The highest BCUT2D eigenvalue weighted by Crippen LogP contribution is 2.30. The van der Waals surface area contributed by atoms with Crippen LogP contribution < -0.4 is 11.3 Å². The van der Waals surface area contributed by atoms with E-state index in [4.69, 9.17) is 17.4 Å². The predicted molar refractivity (Wildman–Crippen MR) is 69.6 cm³/mol. The Morgan fingerprint density at radius 3 is 2.78 bits per heavy atom. The Morgan fingerprint density at radius 2 is 2.11 bits per heavy atom. The van der Waals surface area contributed by atoms with E-state index < -0.39 is 11.9 Å². The van der Waals surface area contributed by atoms with Crippen LogP contribution in [0.15, 0.2) is 36.7 Å². The number of hydrogen-bond donors (Lipinski definition) is 2. The lowest BCUT2D eigenvalue weighted by Crippen LogP contribution is -2.29. The minimum Gasteiger partial charge on any atom is -0.271 e. The second-order valence-electron chi connectivity index (χ2n) is 3.97. The molecule has 1 aromatic heterocycles. The van der Waals surface area contributed by atoms with E-state index in [0.29, 0.717) is 10.6 Å². The van der Waals surface area contributed by atoms with Crippen LogP contribution in [-0.4, -0.2) is 4.98 Å². The van der Waals surface area contributed by atoms with Crippen LogP contribution in [-0.2, 0) is 0 Å². The van der Waals surface area contributed by atoms with Crippen LogP contribution in [0.2, 0.25) is 5.02 Å². The number of nitrogens with zero attached hydrogens (tertiary/aromatic N) is 1.